The Hall–Kier alpha value is -2.50. The number of H-pyrrole nitrogens is 1. The van der Waals surface area contributed by atoms with Crippen molar-refractivity contribution in [3.05, 3.63) is 16.7 Å². The number of hydrogen-bond acceptors (Lipinski definition) is 9. The number of aliphatic hydroxyl groups excluding tert-OH is 1. The summed E-state index contributed by atoms with van der Waals surface area (Å²) in [5.74, 6) is -0.491. The molecule has 0 aliphatic heterocycles. The minimum atomic E-state index is -1.000. The summed E-state index contributed by atoms with van der Waals surface area (Å²) in [4.78, 5) is 35.0. The Bertz CT molecular complexity index is 916. The molecule has 11 heteroatoms. The Morgan fingerprint density at radius 2 is 1.87 bits per heavy atom. The molecule has 0 saturated heterocycles. The SMILES string of the molecule is Nc1nc2c(ncn2COC(CO)COC(=O)C2(N)CCCCCCCCC2)c(=O)[nH]1. The number of ether oxygens (including phenoxy) is 2. The number of aromatic nitrogens is 4. The van der Waals surface area contributed by atoms with Gasteiger partial charge in [-0.05, 0) is 12.8 Å². The molecule has 172 valence electrons. The lowest BCUT2D eigenvalue weighted by molar-refractivity contribution is -0.157. The van der Waals surface area contributed by atoms with Crippen molar-refractivity contribution in [1.82, 2.24) is 19.5 Å². The number of esters is 1. The second kappa shape index (κ2) is 10.7. The fourth-order valence-electron chi connectivity index (χ4n) is 3.81. The molecular weight excluding hydrogens is 404 g/mol. The molecule has 1 saturated carbocycles. The summed E-state index contributed by atoms with van der Waals surface area (Å²) < 4.78 is 12.6. The smallest absolute Gasteiger partial charge is 0.326 e. The highest BCUT2D eigenvalue weighted by Crippen LogP contribution is 2.24. The first-order chi connectivity index (χ1) is 14.9. The molecule has 1 atom stereocenters. The number of hydrogen-bond donors (Lipinski definition) is 4. The third kappa shape index (κ3) is 6.02. The maximum Gasteiger partial charge on any atom is 0.326 e. The first-order valence-corrected chi connectivity index (χ1v) is 10.8. The number of nitrogen functional groups attached to an aromatic ring is 1. The van der Waals surface area contributed by atoms with E-state index in [1.807, 2.05) is 0 Å². The molecule has 0 aromatic carbocycles. The van der Waals surface area contributed by atoms with E-state index < -0.39 is 23.2 Å². The standard InChI is InChI=1S/C20H32N6O5/c21-19-24-16-15(17(28)25-19)23-12-26(16)13-31-14(10-27)11-30-18(29)20(22)8-6-4-2-1-3-5-7-9-20/h12,14,27H,1-11,13,22H2,(H3,21,24,25,28). The van der Waals surface area contributed by atoms with Crippen molar-refractivity contribution in [2.45, 2.75) is 76.2 Å². The normalized spacial score (nSPS) is 18.5. The van der Waals surface area contributed by atoms with Crippen molar-refractivity contribution in [1.29, 1.82) is 0 Å². The van der Waals surface area contributed by atoms with Gasteiger partial charge in [-0.2, -0.15) is 4.98 Å². The number of imidazole rings is 1. The lowest BCUT2D eigenvalue weighted by atomic mass is 9.86. The van der Waals surface area contributed by atoms with Crippen LogP contribution in [0.25, 0.3) is 11.2 Å². The minimum absolute atomic E-state index is 0.0363. The Morgan fingerprint density at radius 3 is 2.52 bits per heavy atom. The van der Waals surface area contributed by atoms with Crippen LogP contribution in [-0.2, 0) is 21.0 Å². The summed E-state index contributed by atoms with van der Waals surface area (Å²) in [5, 5.41) is 9.63. The molecule has 0 amide bonds. The zero-order valence-corrected chi connectivity index (χ0v) is 17.7. The van der Waals surface area contributed by atoms with Crippen LogP contribution in [0.2, 0.25) is 0 Å². The highest BCUT2D eigenvalue weighted by molar-refractivity contribution is 5.80. The highest BCUT2D eigenvalue weighted by Gasteiger charge is 2.35. The maximum absolute atomic E-state index is 12.7. The van der Waals surface area contributed by atoms with E-state index in [-0.39, 0.29) is 37.1 Å². The first-order valence-electron chi connectivity index (χ1n) is 10.8. The van der Waals surface area contributed by atoms with Gasteiger partial charge in [-0.3, -0.25) is 19.1 Å². The minimum Gasteiger partial charge on any atom is -0.461 e. The zero-order chi connectivity index (χ0) is 22.3. The molecule has 2 aromatic rings. The summed E-state index contributed by atoms with van der Waals surface area (Å²) in [5.41, 5.74) is 10.9. The molecule has 0 spiro atoms. The number of nitrogens with one attached hydrogen (secondary N) is 1. The van der Waals surface area contributed by atoms with Gasteiger partial charge >= 0.3 is 5.97 Å². The van der Waals surface area contributed by atoms with Crippen LogP contribution in [0.15, 0.2) is 11.1 Å². The van der Waals surface area contributed by atoms with E-state index in [1.165, 1.54) is 30.2 Å². The zero-order valence-electron chi connectivity index (χ0n) is 17.7. The topological polar surface area (TPSA) is 171 Å². The molecule has 31 heavy (non-hydrogen) atoms. The average Bonchev–Trinajstić information content (AvgIpc) is 3.16. The van der Waals surface area contributed by atoms with E-state index in [9.17, 15) is 14.7 Å². The lowest BCUT2D eigenvalue weighted by Gasteiger charge is -2.29. The number of anilines is 1. The van der Waals surface area contributed by atoms with Gasteiger partial charge in [0.1, 0.15) is 25.0 Å². The molecule has 1 aliphatic rings. The van der Waals surface area contributed by atoms with E-state index in [4.69, 9.17) is 20.9 Å². The number of fused-ring (bicyclic) bond motifs is 1. The molecule has 1 fully saturated rings. The fraction of sp³-hybridized carbons (Fsp3) is 0.700. The Morgan fingerprint density at radius 1 is 1.23 bits per heavy atom. The van der Waals surface area contributed by atoms with Crippen LogP contribution in [-0.4, -0.2) is 55.5 Å². The Balaban J connectivity index is 1.56. The van der Waals surface area contributed by atoms with Gasteiger partial charge in [-0.1, -0.05) is 44.9 Å². The quantitative estimate of drug-likeness (QED) is 0.458. The molecule has 1 aliphatic carbocycles. The van der Waals surface area contributed by atoms with Gasteiger partial charge in [0.05, 0.1) is 12.9 Å². The summed E-state index contributed by atoms with van der Waals surface area (Å²) in [6.45, 7) is -0.534. The van der Waals surface area contributed by atoms with Crippen LogP contribution in [0.1, 0.15) is 57.8 Å². The van der Waals surface area contributed by atoms with E-state index in [0.717, 1.165) is 25.7 Å². The number of nitrogens with zero attached hydrogens (tertiary/aromatic N) is 3. The first kappa shape index (κ1) is 23.2. The number of rotatable bonds is 7. The van der Waals surface area contributed by atoms with E-state index in [1.54, 1.807) is 0 Å². The summed E-state index contributed by atoms with van der Waals surface area (Å²) in [6, 6.07) is 0. The third-order valence-electron chi connectivity index (χ3n) is 5.70. The van der Waals surface area contributed by atoms with Gasteiger partial charge in [-0.15, -0.1) is 0 Å². The lowest BCUT2D eigenvalue weighted by Crippen LogP contribution is -2.50. The van der Waals surface area contributed by atoms with Gasteiger partial charge in [0.15, 0.2) is 11.2 Å². The molecule has 2 heterocycles. The van der Waals surface area contributed by atoms with Gasteiger partial charge in [0, 0.05) is 0 Å². The van der Waals surface area contributed by atoms with Crippen LogP contribution >= 0.6 is 0 Å². The second-order valence-corrected chi connectivity index (χ2v) is 8.17. The Labute approximate surface area is 180 Å². The van der Waals surface area contributed by atoms with Crippen molar-refractivity contribution >= 4 is 23.1 Å². The summed E-state index contributed by atoms with van der Waals surface area (Å²) in [7, 11) is 0. The Kier molecular flexibility index (Phi) is 7.99. The number of aliphatic hydroxyl groups is 1. The van der Waals surface area contributed by atoms with E-state index in [2.05, 4.69) is 15.0 Å². The molecule has 1 unspecified atom stereocenters. The highest BCUT2D eigenvalue weighted by atomic mass is 16.6. The van der Waals surface area contributed by atoms with Gasteiger partial charge in [0.25, 0.3) is 5.56 Å². The van der Waals surface area contributed by atoms with Crippen molar-refractivity contribution in [3.63, 3.8) is 0 Å². The summed E-state index contributed by atoms with van der Waals surface area (Å²) in [6.07, 6.45) is 9.32. The average molecular weight is 437 g/mol. The van der Waals surface area contributed by atoms with Gasteiger partial charge in [0.2, 0.25) is 5.95 Å². The number of nitrogens with two attached hydrogens (primary N) is 2. The second-order valence-electron chi connectivity index (χ2n) is 8.17. The van der Waals surface area contributed by atoms with Gasteiger partial charge < -0.3 is 26.0 Å². The van der Waals surface area contributed by atoms with Crippen molar-refractivity contribution in [2.24, 2.45) is 5.73 Å². The fourth-order valence-corrected chi connectivity index (χ4v) is 3.81. The number of carbonyl (C=O) groups excluding carboxylic acids is 1. The molecule has 11 nitrogen and oxygen atoms in total. The molecular formula is C20H32N6O5. The van der Waals surface area contributed by atoms with E-state index >= 15 is 0 Å². The molecule has 0 bridgehead atoms. The van der Waals surface area contributed by atoms with Crippen molar-refractivity contribution < 1.29 is 19.4 Å². The largest absolute Gasteiger partial charge is 0.461 e. The molecule has 6 N–H and O–H groups in total. The molecule has 3 rings (SSSR count). The van der Waals surface area contributed by atoms with E-state index in [0.29, 0.717) is 12.8 Å². The van der Waals surface area contributed by atoms with Crippen LogP contribution < -0.4 is 17.0 Å². The predicted octanol–water partition coefficient (Wildman–Crippen LogP) is 0.802. The van der Waals surface area contributed by atoms with Crippen molar-refractivity contribution in [3.8, 4) is 0 Å². The maximum atomic E-state index is 12.7. The predicted molar refractivity (Wildman–Crippen MR) is 114 cm³/mol. The number of aromatic amines is 1. The number of carbonyl (C=O) groups is 1. The van der Waals surface area contributed by atoms with Gasteiger partial charge in [-0.25, -0.2) is 4.98 Å². The summed E-state index contributed by atoms with van der Waals surface area (Å²) >= 11 is 0. The van der Waals surface area contributed by atoms with Crippen LogP contribution in [0, 0.1) is 0 Å². The van der Waals surface area contributed by atoms with Crippen LogP contribution in [0.5, 0.6) is 0 Å². The van der Waals surface area contributed by atoms with Crippen LogP contribution in [0.3, 0.4) is 0 Å². The monoisotopic (exact) mass is 436 g/mol. The third-order valence-corrected chi connectivity index (χ3v) is 5.70. The van der Waals surface area contributed by atoms with Crippen molar-refractivity contribution in [2.75, 3.05) is 18.9 Å². The van der Waals surface area contributed by atoms with Crippen LogP contribution in [0.4, 0.5) is 5.95 Å². The molecule has 0 radical (unpaired) electrons. The molecule has 2 aromatic heterocycles.